The summed E-state index contributed by atoms with van der Waals surface area (Å²) in [6.45, 7) is 5.90. The topological polar surface area (TPSA) is 94.3 Å². The molecule has 0 radical (unpaired) electrons. The zero-order chi connectivity index (χ0) is 20.8. The predicted octanol–water partition coefficient (Wildman–Crippen LogP) is 4.83. The summed E-state index contributed by atoms with van der Waals surface area (Å²) >= 11 is 2.44. The van der Waals surface area contributed by atoms with Crippen LogP contribution in [0.1, 0.15) is 42.9 Å². The molecule has 2 heterocycles. The first-order chi connectivity index (χ1) is 14.0. The maximum atomic E-state index is 12.5. The van der Waals surface area contributed by atoms with E-state index in [0.717, 1.165) is 22.9 Å². The Kier molecular flexibility index (Phi) is 7.05. The number of anilines is 1. The fourth-order valence-corrected chi connectivity index (χ4v) is 4.03. The second-order valence-corrected chi connectivity index (χ2v) is 8.14. The molecule has 1 aromatic carbocycles. The summed E-state index contributed by atoms with van der Waals surface area (Å²) in [7, 11) is 0. The molecule has 152 valence electrons. The molecular formula is C20H21N3O4S2. The summed E-state index contributed by atoms with van der Waals surface area (Å²) in [5.74, 6) is 0.00421. The lowest BCUT2D eigenvalue weighted by atomic mass is 10.0. The Balaban J connectivity index is 1.74. The molecule has 0 aliphatic rings. The van der Waals surface area contributed by atoms with E-state index in [4.69, 9.17) is 9.15 Å². The first kappa shape index (κ1) is 21.1. The van der Waals surface area contributed by atoms with Gasteiger partial charge in [-0.25, -0.2) is 4.79 Å². The van der Waals surface area contributed by atoms with Crippen molar-refractivity contribution in [3.05, 3.63) is 47.2 Å². The third-order valence-corrected chi connectivity index (χ3v) is 5.56. The van der Waals surface area contributed by atoms with Gasteiger partial charge in [-0.2, -0.15) is 0 Å². The summed E-state index contributed by atoms with van der Waals surface area (Å²) < 4.78 is 10.7. The SMILES string of the molecule is CCOC(=O)c1c(-c2ccccc2)csc1NC(=O)CSc1nnc(C(C)C)o1. The number of carbonyl (C=O) groups excluding carboxylic acids is 2. The van der Waals surface area contributed by atoms with E-state index < -0.39 is 5.97 Å². The normalized spacial score (nSPS) is 10.9. The van der Waals surface area contributed by atoms with Gasteiger partial charge in [-0.3, -0.25) is 4.79 Å². The number of nitrogens with zero attached hydrogens (tertiary/aromatic N) is 2. The van der Waals surface area contributed by atoms with E-state index in [1.807, 2.05) is 49.6 Å². The zero-order valence-corrected chi connectivity index (χ0v) is 17.9. The van der Waals surface area contributed by atoms with Crippen LogP contribution in [0.5, 0.6) is 0 Å². The van der Waals surface area contributed by atoms with Crippen molar-refractivity contribution in [1.29, 1.82) is 0 Å². The maximum Gasteiger partial charge on any atom is 0.341 e. The van der Waals surface area contributed by atoms with Crippen LogP contribution in [-0.4, -0.2) is 34.4 Å². The molecule has 29 heavy (non-hydrogen) atoms. The van der Waals surface area contributed by atoms with E-state index in [0.29, 0.717) is 21.7 Å². The van der Waals surface area contributed by atoms with Crippen molar-refractivity contribution in [3.63, 3.8) is 0 Å². The fourth-order valence-electron chi connectivity index (χ4n) is 2.49. The molecule has 0 aliphatic carbocycles. The molecule has 0 aliphatic heterocycles. The number of benzene rings is 1. The summed E-state index contributed by atoms with van der Waals surface area (Å²) in [6, 6.07) is 9.52. The number of thioether (sulfide) groups is 1. The van der Waals surface area contributed by atoms with E-state index in [2.05, 4.69) is 15.5 Å². The van der Waals surface area contributed by atoms with E-state index >= 15 is 0 Å². The fraction of sp³-hybridized carbons (Fsp3) is 0.300. The summed E-state index contributed by atoms with van der Waals surface area (Å²) in [5.41, 5.74) is 1.98. The van der Waals surface area contributed by atoms with Gasteiger partial charge in [-0.15, -0.1) is 21.5 Å². The highest BCUT2D eigenvalue weighted by Gasteiger charge is 2.23. The van der Waals surface area contributed by atoms with Crippen LogP contribution >= 0.6 is 23.1 Å². The van der Waals surface area contributed by atoms with Gasteiger partial charge < -0.3 is 14.5 Å². The standard InChI is InChI=1S/C20H21N3O4S2/c1-4-26-19(25)16-14(13-8-6-5-7-9-13)10-28-18(16)21-15(24)11-29-20-23-22-17(27-20)12(2)3/h5-10,12H,4,11H2,1-3H3,(H,21,24). The van der Waals surface area contributed by atoms with Gasteiger partial charge in [0.2, 0.25) is 11.8 Å². The minimum absolute atomic E-state index is 0.0839. The summed E-state index contributed by atoms with van der Waals surface area (Å²) in [6.07, 6.45) is 0. The molecule has 2 aromatic heterocycles. The van der Waals surface area contributed by atoms with Crippen molar-refractivity contribution in [2.75, 3.05) is 17.7 Å². The van der Waals surface area contributed by atoms with Crippen molar-refractivity contribution in [3.8, 4) is 11.1 Å². The van der Waals surface area contributed by atoms with Crippen LogP contribution in [-0.2, 0) is 9.53 Å². The number of rotatable bonds is 8. The monoisotopic (exact) mass is 431 g/mol. The minimum Gasteiger partial charge on any atom is -0.462 e. The molecule has 1 N–H and O–H groups in total. The molecule has 0 bridgehead atoms. The lowest BCUT2D eigenvalue weighted by Gasteiger charge is -2.08. The molecule has 7 nitrogen and oxygen atoms in total. The lowest BCUT2D eigenvalue weighted by molar-refractivity contribution is -0.113. The predicted molar refractivity (Wildman–Crippen MR) is 113 cm³/mol. The highest BCUT2D eigenvalue weighted by Crippen LogP contribution is 2.36. The molecule has 0 spiro atoms. The Morgan fingerprint density at radius 2 is 2.00 bits per heavy atom. The number of hydrogen-bond acceptors (Lipinski definition) is 8. The number of aromatic nitrogens is 2. The second kappa shape index (κ2) is 9.71. The Labute approximate surface area is 176 Å². The minimum atomic E-state index is -0.464. The van der Waals surface area contributed by atoms with Gasteiger partial charge in [0.15, 0.2) is 0 Å². The molecule has 0 saturated heterocycles. The van der Waals surface area contributed by atoms with E-state index in [1.54, 1.807) is 6.92 Å². The van der Waals surface area contributed by atoms with Gasteiger partial charge in [0.25, 0.3) is 5.22 Å². The van der Waals surface area contributed by atoms with Crippen molar-refractivity contribution < 1.29 is 18.7 Å². The molecule has 0 atom stereocenters. The Hall–Kier alpha value is -2.65. The number of nitrogens with one attached hydrogen (secondary N) is 1. The van der Waals surface area contributed by atoms with Crippen LogP contribution in [0.2, 0.25) is 0 Å². The van der Waals surface area contributed by atoms with Crippen LogP contribution in [0, 0.1) is 0 Å². The highest BCUT2D eigenvalue weighted by atomic mass is 32.2. The van der Waals surface area contributed by atoms with Crippen molar-refractivity contribution in [2.45, 2.75) is 31.9 Å². The maximum absolute atomic E-state index is 12.5. The largest absolute Gasteiger partial charge is 0.462 e. The quantitative estimate of drug-likeness (QED) is 0.403. The third-order valence-electron chi connectivity index (χ3n) is 3.85. The van der Waals surface area contributed by atoms with Gasteiger partial charge in [0.05, 0.1) is 12.4 Å². The number of amides is 1. The molecule has 3 aromatic rings. The number of hydrogen-bond donors (Lipinski definition) is 1. The average Bonchev–Trinajstić information content (AvgIpc) is 3.34. The summed E-state index contributed by atoms with van der Waals surface area (Å²) in [5, 5.41) is 13.3. The van der Waals surface area contributed by atoms with Crippen molar-refractivity contribution in [2.24, 2.45) is 0 Å². The summed E-state index contributed by atoms with van der Waals surface area (Å²) in [4.78, 5) is 25.0. The average molecular weight is 432 g/mol. The smallest absolute Gasteiger partial charge is 0.341 e. The lowest BCUT2D eigenvalue weighted by Crippen LogP contribution is -2.16. The van der Waals surface area contributed by atoms with Crippen molar-refractivity contribution in [1.82, 2.24) is 10.2 Å². The molecule has 9 heteroatoms. The van der Waals surface area contributed by atoms with Crippen LogP contribution in [0.4, 0.5) is 5.00 Å². The first-order valence-electron chi connectivity index (χ1n) is 9.09. The molecule has 3 rings (SSSR count). The number of esters is 1. The molecular weight excluding hydrogens is 410 g/mol. The Bertz CT molecular complexity index is 983. The van der Waals surface area contributed by atoms with Gasteiger partial charge in [-0.1, -0.05) is 55.9 Å². The molecule has 0 fully saturated rings. The number of ether oxygens (including phenoxy) is 1. The van der Waals surface area contributed by atoms with Crippen LogP contribution < -0.4 is 5.32 Å². The molecule has 1 amide bonds. The zero-order valence-electron chi connectivity index (χ0n) is 16.3. The van der Waals surface area contributed by atoms with Gasteiger partial charge >= 0.3 is 5.97 Å². The Morgan fingerprint density at radius 1 is 1.24 bits per heavy atom. The third kappa shape index (κ3) is 5.24. The van der Waals surface area contributed by atoms with E-state index in [1.165, 1.54) is 11.3 Å². The Morgan fingerprint density at radius 3 is 2.66 bits per heavy atom. The van der Waals surface area contributed by atoms with Crippen LogP contribution in [0.25, 0.3) is 11.1 Å². The van der Waals surface area contributed by atoms with Gasteiger partial charge in [-0.05, 0) is 12.5 Å². The highest BCUT2D eigenvalue weighted by molar-refractivity contribution is 7.99. The first-order valence-corrected chi connectivity index (χ1v) is 11.0. The van der Waals surface area contributed by atoms with Gasteiger partial charge in [0, 0.05) is 16.9 Å². The second-order valence-electron chi connectivity index (χ2n) is 6.34. The van der Waals surface area contributed by atoms with Crippen LogP contribution in [0.3, 0.4) is 0 Å². The number of thiophene rings is 1. The van der Waals surface area contributed by atoms with Gasteiger partial charge in [0.1, 0.15) is 10.6 Å². The number of carbonyl (C=O) groups is 2. The molecule has 0 saturated carbocycles. The van der Waals surface area contributed by atoms with E-state index in [9.17, 15) is 9.59 Å². The molecule has 0 unspecified atom stereocenters. The van der Waals surface area contributed by atoms with Crippen molar-refractivity contribution >= 4 is 40.0 Å². The van der Waals surface area contributed by atoms with E-state index in [-0.39, 0.29) is 24.2 Å². The van der Waals surface area contributed by atoms with Crippen LogP contribution in [0.15, 0.2) is 45.4 Å².